The van der Waals surface area contributed by atoms with E-state index in [-0.39, 0.29) is 18.3 Å². The number of benzene rings is 1. The molecule has 0 aromatic heterocycles. The summed E-state index contributed by atoms with van der Waals surface area (Å²) in [6.07, 6.45) is 1.11. The molecule has 0 aliphatic heterocycles. The number of thioether (sulfide) groups is 1. The molecule has 20 heavy (non-hydrogen) atoms. The zero-order valence-corrected chi connectivity index (χ0v) is 14.0. The Kier molecular flexibility index (Phi) is 12.1. The monoisotopic (exact) mass is 336 g/mol. The maximum Gasteiger partial charge on any atom is 0.230 e. The van der Waals surface area contributed by atoms with Gasteiger partial charge < -0.3 is 10.6 Å². The Morgan fingerprint density at radius 3 is 2.80 bits per heavy atom. The molecule has 0 heterocycles. The molecular formula is C14H22Cl2N2OS. The van der Waals surface area contributed by atoms with Crippen LogP contribution < -0.4 is 10.6 Å². The first-order valence-corrected chi connectivity index (χ1v) is 8.05. The van der Waals surface area contributed by atoms with E-state index in [1.165, 1.54) is 0 Å². The number of amides is 1. The molecule has 0 bridgehead atoms. The van der Waals surface area contributed by atoms with Gasteiger partial charge in [-0.15, -0.1) is 24.2 Å². The van der Waals surface area contributed by atoms with Crippen LogP contribution in [0.2, 0.25) is 5.02 Å². The molecule has 6 heteroatoms. The molecule has 0 saturated carbocycles. The van der Waals surface area contributed by atoms with E-state index >= 15 is 0 Å². The van der Waals surface area contributed by atoms with Crippen molar-refractivity contribution in [1.29, 1.82) is 0 Å². The molecule has 0 spiro atoms. The molecule has 0 aliphatic rings. The van der Waals surface area contributed by atoms with Crippen molar-refractivity contribution in [2.75, 3.05) is 25.4 Å². The molecule has 0 unspecified atom stereocenters. The first kappa shape index (κ1) is 19.6. The molecule has 114 valence electrons. The Morgan fingerprint density at radius 2 is 2.10 bits per heavy atom. The minimum Gasteiger partial charge on any atom is -0.354 e. The van der Waals surface area contributed by atoms with Gasteiger partial charge in [-0.1, -0.05) is 30.7 Å². The average molecular weight is 337 g/mol. The third kappa shape index (κ3) is 9.48. The summed E-state index contributed by atoms with van der Waals surface area (Å²) in [7, 11) is 0. The van der Waals surface area contributed by atoms with Crippen molar-refractivity contribution in [2.24, 2.45) is 0 Å². The highest BCUT2D eigenvalue weighted by Gasteiger charge is 2.01. The number of halogens is 2. The number of carbonyl (C=O) groups is 1. The number of nitrogens with one attached hydrogen (secondary N) is 2. The third-order valence-electron chi connectivity index (χ3n) is 2.44. The normalized spacial score (nSPS) is 9.90. The molecule has 1 aromatic rings. The summed E-state index contributed by atoms with van der Waals surface area (Å²) in [5, 5.41) is 6.87. The topological polar surface area (TPSA) is 41.1 Å². The molecule has 0 fully saturated rings. The number of hydrogen-bond donors (Lipinski definition) is 2. The van der Waals surface area contributed by atoms with Crippen molar-refractivity contribution in [1.82, 2.24) is 10.6 Å². The van der Waals surface area contributed by atoms with Gasteiger partial charge >= 0.3 is 0 Å². The highest BCUT2D eigenvalue weighted by Crippen LogP contribution is 2.16. The first-order valence-electron chi connectivity index (χ1n) is 6.52. The van der Waals surface area contributed by atoms with Gasteiger partial charge in [-0.3, -0.25) is 4.79 Å². The molecule has 1 amide bonds. The summed E-state index contributed by atoms with van der Waals surface area (Å²) in [5.74, 6) is 1.38. The van der Waals surface area contributed by atoms with Gasteiger partial charge in [0, 0.05) is 23.9 Å². The van der Waals surface area contributed by atoms with Crippen LogP contribution in [0, 0.1) is 0 Å². The maximum atomic E-state index is 11.5. The van der Waals surface area contributed by atoms with E-state index in [9.17, 15) is 4.79 Å². The lowest BCUT2D eigenvalue weighted by Crippen LogP contribution is -2.33. The Bertz CT molecular complexity index is 391. The van der Waals surface area contributed by atoms with E-state index in [0.29, 0.717) is 12.3 Å². The summed E-state index contributed by atoms with van der Waals surface area (Å²) < 4.78 is 0. The lowest BCUT2D eigenvalue weighted by Gasteiger charge is -2.06. The van der Waals surface area contributed by atoms with Crippen molar-refractivity contribution in [2.45, 2.75) is 19.1 Å². The molecular weight excluding hydrogens is 315 g/mol. The first-order chi connectivity index (χ1) is 9.22. The van der Waals surface area contributed by atoms with Gasteiger partial charge in [-0.2, -0.15) is 0 Å². The van der Waals surface area contributed by atoms with Gasteiger partial charge in [0.05, 0.1) is 5.75 Å². The second-order valence-corrected chi connectivity index (χ2v) is 5.64. The van der Waals surface area contributed by atoms with Crippen LogP contribution in [-0.2, 0) is 10.5 Å². The number of rotatable bonds is 9. The number of carbonyl (C=O) groups excluding carboxylic acids is 1. The molecule has 1 rings (SSSR count). The minimum atomic E-state index is 0. The third-order valence-corrected chi connectivity index (χ3v) is 3.68. The van der Waals surface area contributed by atoms with Crippen LogP contribution in [-0.4, -0.2) is 31.3 Å². The number of hydrogen-bond acceptors (Lipinski definition) is 3. The fraction of sp³-hybridized carbons (Fsp3) is 0.500. The summed E-state index contributed by atoms with van der Waals surface area (Å²) >= 11 is 7.50. The van der Waals surface area contributed by atoms with Crippen molar-refractivity contribution in [3.8, 4) is 0 Å². The van der Waals surface area contributed by atoms with Gasteiger partial charge in [0.25, 0.3) is 0 Å². The van der Waals surface area contributed by atoms with Crippen molar-refractivity contribution in [3.63, 3.8) is 0 Å². The summed E-state index contributed by atoms with van der Waals surface area (Å²) in [6.45, 7) is 4.65. The van der Waals surface area contributed by atoms with Gasteiger partial charge in [0.1, 0.15) is 0 Å². The van der Waals surface area contributed by atoms with E-state index < -0.39 is 0 Å². The molecule has 0 saturated heterocycles. The fourth-order valence-corrected chi connectivity index (χ4v) is 2.55. The lowest BCUT2D eigenvalue weighted by molar-refractivity contribution is -0.118. The standard InChI is InChI=1S/C14H21ClN2OS.ClH/c1-2-6-16-7-8-17-14(18)11-19-10-12-4-3-5-13(15)9-12;/h3-5,9,16H,2,6-8,10-11H2,1H3,(H,17,18);1H. The van der Waals surface area contributed by atoms with Crippen LogP contribution in [0.3, 0.4) is 0 Å². The van der Waals surface area contributed by atoms with Crippen LogP contribution in [0.25, 0.3) is 0 Å². The molecule has 0 aliphatic carbocycles. The van der Waals surface area contributed by atoms with Crippen molar-refractivity contribution >= 4 is 41.7 Å². The SMILES string of the molecule is CCCNCCNC(=O)CSCc1cccc(Cl)c1.Cl. The Labute approximate surface area is 136 Å². The lowest BCUT2D eigenvalue weighted by atomic mass is 10.2. The van der Waals surface area contributed by atoms with Crippen molar-refractivity contribution in [3.05, 3.63) is 34.9 Å². The molecule has 3 nitrogen and oxygen atoms in total. The largest absolute Gasteiger partial charge is 0.354 e. The van der Waals surface area contributed by atoms with E-state index in [0.717, 1.165) is 35.8 Å². The van der Waals surface area contributed by atoms with Gasteiger partial charge in [0.15, 0.2) is 0 Å². The van der Waals surface area contributed by atoms with Crippen LogP contribution in [0.15, 0.2) is 24.3 Å². The van der Waals surface area contributed by atoms with E-state index in [2.05, 4.69) is 17.6 Å². The summed E-state index contributed by atoms with van der Waals surface area (Å²) in [5.41, 5.74) is 1.15. The van der Waals surface area contributed by atoms with E-state index in [4.69, 9.17) is 11.6 Å². The fourth-order valence-electron chi connectivity index (χ4n) is 1.53. The molecule has 1 aromatic carbocycles. The second kappa shape index (κ2) is 12.3. The Morgan fingerprint density at radius 1 is 1.30 bits per heavy atom. The molecule has 0 radical (unpaired) electrons. The highest BCUT2D eigenvalue weighted by molar-refractivity contribution is 7.99. The Hall–Kier alpha value is -0.420. The predicted octanol–water partition coefficient (Wildman–Crippen LogP) is 3.11. The zero-order valence-electron chi connectivity index (χ0n) is 11.7. The summed E-state index contributed by atoms with van der Waals surface area (Å²) in [4.78, 5) is 11.5. The van der Waals surface area contributed by atoms with Crippen LogP contribution in [0.1, 0.15) is 18.9 Å². The summed E-state index contributed by atoms with van der Waals surface area (Å²) in [6, 6.07) is 7.73. The van der Waals surface area contributed by atoms with E-state index in [1.54, 1.807) is 11.8 Å². The molecule has 0 atom stereocenters. The smallest absolute Gasteiger partial charge is 0.230 e. The average Bonchev–Trinajstić information content (AvgIpc) is 2.38. The van der Waals surface area contributed by atoms with Gasteiger partial charge in [0.2, 0.25) is 5.91 Å². The van der Waals surface area contributed by atoms with Crippen LogP contribution >= 0.6 is 35.8 Å². The van der Waals surface area contributed by atoms with Crippen molar-refractivity contribution < 1.29 is 4.79 Å². The van der Waals surface area contributed by atoms with E-state index in [1.807, 2.05) is 24.3 Å². The molecule has 2 N–H and O–H groups in total. The van der Waals surface area contributed by atoms with Crippen LogP contribution in [0.5, 0.6) is 0 Å². The van der Waals surface area contributed by atoms with Gasteiger partial charge in [-0.25, -0.2) is 0 Å². The van der Waals surface area contributed by atoms with Crippen LogP contribution in [0.4, 0.5) is 0 Å². The minimum absolute atomic E-state index is 0. The maximum absolute atomic E-state index is 11.5. The van der Waals surface area contributed by atoms with Gasteiger partial charge in [-0.05, 0) is 30.7 Å². The second-order valence-electron chi connectivity index (χ2n) is 4.22. The predicted molar refractivity (Wildman–Crippen MR) is 91.0 cm³/mol. The highest BCUT2D eigenvalue weighted by atomic mass is 35.5. The zero-order chi connectivity index (χ0) is 13.9. The Balaban J connectivity index is 0.00000361. The quantitative estimate of drug-likeness (QED) is 0.681.